The summed E-state index contributed by atoms with van der Waals surface area (Å²) in [5.41, 5.74) is 2.21. The lowest BCUT2D eigenvalue weighted by Gasteiger charge is -2.35. The highest BCUT2D eigenvalue weighted by Crippen LogP contribution is 2.22. The van der Waals surface area contributed by atoms with Gasteiger partial charge in [0.25, 0.3) is 5.91 Å². The molecule has 146 valence electrons. The minimum Gasteiger partial charge on any atom is -0.480 e. The lowest BCUT2D eigenvalue weighted by Crippen LogP contribution is -2.42. The summed E-state index contributed by atoms with van der Waals surface area (Å²) in [5, 5.41) is 3.06. The van der Waals surface area contributed by atoms with Crippen LogP contribution in [0.25, 0.3) is 0 Å². The third kappa shape index (κ3) is 6.31. The molecule has 0 spiro atoms. The highest BCUT2D eigenvalue weighted by molar-refractivity contribution is 5.81. The van der Waals surface area contributed by atoms with Crippen molar-refractivity contribution in [2.24, 2.45) is 11.8 Å². The smallest absolute Gasteiger partial charge is 0.261 e. The van der Waals surface area contributed by atoms with Crippen LogP contribution >= 0.6 is 0 Å². The zero-order chi connectivity index (χ0) is 19.1. The van der Waals surface area contributed by atoms with E-state index in [0.717, 1.165) is 41.7 Å². The minimum atomic E-state index is -0.425. The highest BCUT2D eigenvalue weighted by atomic mass is 16.5. The second kappa shape index (κ2) is 9.96. The molecule has 0 aliphatic carbocycles. The maximum atomic E-state index is 12.5. The molecule has 1 aliphatic rings. The lowest BCUT2D eigenvalue weighted by atomic mass is 9.92. The Kier molecular flexibility index (Phi) is 7.95. The van der Waals surface area contributed by atoms with Gasteiger partial charge < -0.3 is 15.0 Å². The van der Waals surface area contributed by atoms with E-state index in [1.165, 1.54) is 19.5 Å². The van der Waals surface area contributed by atoms with Crippen LogP contribution in [-0.2, 0) is 4.79 Å². The number of nitrogens with one attached hydrogen (secondary N) is 1. The summed E-state index contributed by atoms with van der Waals surface area (Å²) in [4.78, 5) is 15.0. The van der Waals surface area contributed by atoms with Crippen molar-refractivity contribution in [1.82, 2.24) is 10.2 Å². The van der Waals surface area contributed by atoms with Crippen molar-refractivity contribution in [2.75, 3.05) is 26.2 Å². The van der Waals surface area contributed by atoms with Gasteiger partial charge in [-0.3, -0.25) is 4.79 Å². The van der Waals surface area contributed by atoms with Gasteiger partial charge in [0.05, 0.1) is 0 Å². The van der Waals surface area contributed by atoms with Crippen molar-refractivity contribution in [2.45, 2.75) is 60.0 Å². The third-order valence-electron chi connectivity index (χ3n) is 5.17. The van der Waals surface area contributed by atoms with E-state index in [-0.39, 0.29) is 5.91 Å². The number of nitrogens with zero attached hydrogens (tertiary/aromatic N) is 1. The standard InChI is InChI=1S/C22H36N2O2/c1-6-20(26-21-13-16(2)8-9-19(21)5)22(25)23-10-7-11-24-14-17(3)12-18(4)15-24/h8-9,13,17-18,20H,6-7,10-12,14-15H2,1-5H3,(H,23,25)/t17-,18-,20+/m1/s1. The molecule has 0 aromatic heterocycles. The van der Waals surface area contributed by atoms with Gasteiger partial charge in [-0.15, -0.1) is 0 Å². The van der Waals surface area contributed by atoms with Gasteiger partial charge in [0.2, 0.25) is 0 Å². The summed E-state index contributed by atoms with van der Waals surface area (Å²) >= 11 is 0. The van der Waals surface area contributed by atoms with E-state index in [1.54, 1.807) is 0 Å². The molecule has 1 fully saturated rings. The van der Waals surface area contributed by atoms with Crippen LogP contribution < -0.4 is 10.1 Å². The average molecular weight is 361 g/mol. The number of hydrogen-bond donors (Lipinski definition) is 1. The van der Waals surface area contributed by atoms with E-state index in [1.807, 2.05) is 32.9 Å². The van der Waals surface area contributed by atoms with Gasteiger partial charge in [0, 0.05) is 19.6 Å². The molecule has 1 saturated heterocycles. The predicted octanol–water partition coefficient (Wildman–Crippen LogP) is 3.95. The summed E-state index contributed by atoms with van der Waals surface area (Å²) in [6.45, 7) is 14.9. The molecule has 0 radical (unpaired) electrons. The molecular formula is C22H36N2O2. The second-order valence-electron chi connectivity index (χ2n) is 8.13. The van der Waals surface area contributed by atoms with Crippen molar-refractivity contribution in [1.29, 1.82) is 0 Å². The fourth-order valence-electron chi connectivity index (χ4n) is 3.91. The first-order valence-corrected chi connectivity index (χ1v) is 10.1. The van der Waals surface area contributed by atoms with Gasteiger partial charge in [-0.05, 0) is 68.7 Å². The first kappa shape index (κ1) is 20.8. The number of piperidine rings is 1. The number of ether oxygens (including phenoxy) is 1. The van der Waals surface area contributed by atoms with Crippen LogP contribution in [0.15, 0.2) is 18.2 Å². The van der Waals surface area contributed by atoms with E-state index in [9.17, 15) is 4.79 Å². The average Bonchev–Trinajstić information content (AvgIpc) is 2.58. The Morgan fingerprint density at radius 1 is 1.27 bits per heavy atom. The molecule has 1 amide bonds. The maximum absolute atomic E-state index is 12.5. The fraction of sp³-hybridized carbons (Fsp3) is 0.682. The first-order chi connectivity index (χ1) is 12.4. The topological polar surface area (TPSA) is 41.6 Å². The van der Waals surface area contributed by atoms with Crippen molar-refractivity contribution < 1.29 is 9.53 Å². The Hall–Kier alpha value is -1.55. The van der Waals surface area contributed by atoms with E-state index in [0.29, 0.717) is 13.0 Å². The molecule has 1 heterocycles. The van der Waals surface area contributed by atoms with Gasteiger partial charge >= 0.3 is 0 Å². The van der Waals surface area contributed by atoms with Crippen molar-refractivity contribution >= 4 is 5.91 Å². The van der Waals surface area contributed by atoms with Crippen LogP contribution in [0.3, 0.4) is 0 Å². The molecule has 1 aromatic carbocycles. The molecule has 3 atom stereocenters. The maximum Gasteiger partial charge on any atom is 0.261 e. The van der Waals surface area contributed by atoms with Gasteiger partial charge in [-0.2, -0.15) is 0 Å². The summed E-state index contributed by atoms with van der Waals surface area (Å²) in [7, 11) is 0. The van der Waals surface area contributed by atoms with E-state index < -0.39 is 6.10 Å². The molecule has 4 heteroatoms. The second-order valence-corrected chi connectivity index (χ2v) is 8.13. The summed E-state index contributed by atoms with van der Waals surface area (Å²) < 4.78 is 5.99. The largest absolute Gasteiger partial charge is 0.480 e. The molecule has 0 unspecified atom stereocenters. The number of benzene rings is 1. The molecule has 1 aliphatic heterocycles. The monoisotopic (exact) mass is 360 g/mol. The van der Waals surface area contributed by atoms with Crippen molar-refractivity contribution in [3.63, 3.8) is 0 Å². The third-order valence-corrected chi connectivity index (χ3v) is 5.17. The Bertz CT molecular complexity index is 578. The quantitative estimate of drug-likeness (QED) is 0.714. The Morgan fingerprint density at radius 2 is 1.96 bits per heavy atom. The van der Waals surface area contributed by atoms with E-state index >= 15 is 0 Å². The number of hydrogen-bond acceptors (Lipinski definition) is 3. The van der Waals surface area contributed by atoms with Crippen LogP contribution in [0.1, 0.15) is 51.2 Å². The van der Waals surface area contributed by atoms with Crippen LogP contribution in [-0.4, -0.2) is 43.1 Å². The summed E-state index contributed by atoms with van der Waals surface area (Å²) in [6, 6.07) is 6.10. The van der Waals surface area contributed by atoms with E-state index in [2.05, 4.69) is 30.1 Å². The van der Waals surface area contributed by atoms with Crippen LogP contribution in [0, 0.1) is 25.7 Å². The number of likely N-dealkylation sites (tertiary alicyclic amines) is 1. The molecule has 1 aromatic rings. The molecule has 0 saturated carbocycles. The molecule has 26 heavy (non-hydrogen) atoms. The first-order valence-electron chi connectivity index (χ1n) is 10.1. The molecular weight excluding hydrogens is 324 g/mol. The summed E-state index contributed by atoms with van der Waals surface area (Å²) in [6.07, 6.45) is 2.57. The SMILES string of the molecule is CC[C@H](Oc1cc(C)ccc1C)C(=O)NCCCN1C[C@H](C)C[C@@H](C)C1. The highest BCUT2D eigenvalue weighted by Gasteiger charge is 2.22. The molecule has 2 rings (SSSR count). The molecule has 1 N–H and O–H groups in total. The minimum absolute atomic E-state index is 0.00575. The fourth-order valence-corrected chi connectivity index (χ4v) is 3.91. The zero-order valence-corrected chi connectivity index (χ0v) is 17.2. The molecule has 4 nitrogen and oxygen atoms in total. The van der Waals surface area contributed by atoms with Crippen LogP contribution in [0.5, 0.6) is 5.75 Å². The van der Waals surface area contributed by atoms with Gasteiger partial charge in [-0.25, -0.2) is 0 Å². The number of amides is 1. The van der Waals surface area contributed by atoms with Crippen molar-refractivity contribution in [3.05, 3.63) is 29.3 Å². The predicted molar refractivity (Wildman–Crippen MR) is 108 cm³/mol. The normalized spacial score (nSPS) is 22.0. The lowest BCUT2D eigenvalue weighted by molar-refractivity contribution is -0.128. The van der Waals surface area contributed by atoms with Gasteiger partial charge in [-0.1, -0.05) is 32.9 Å². The van der Waals surface area contributed by atoms with E-state index in [4.69, 9.17) is 4.74 Å². The Morgan fingerprint density at radius 3 is 2.62 bits per heavy atom. The number of rotatable bonds is 8. The Balaban J connectivity index is 1.75. The van der Waals surface area contributed by atoms with Crippen LogP contribution in [0.4, 0.5) is 0 Å². The van der Waals surface area contributed by atoms with Crippen molar-refractivity contribution in [3.8, 4) is 5.75 Å². The van der Waals surface area contributed by atoms with Crippen LogP contribution in [0.2, 0.25) is 0 Å². The summed E-state index contributed by atoms with van der Waals surface area (Å²) in [5.74, 6) is 2.37. The number of carbonyl (C=O) groups is 1. The number of aryl methyl sites for hydroxylation is 2. The number of carbonyl (C=O) groups excluding carboxylic acids is 1. The van der Waals surface area contributed by atoms with Gasteiger partial charge in [0.1, 0.15) is 5.75 Å². The molecule has 0 bridgehead atoms. The Labute approximate surface area is 159 Å². The zero-order valence-electron chi connectivity index (χ0n) is 17.2. The van der Waals surface area contributed by atoms with Gasteiger partial charge in [0.15, 0.2) is 6.10 Å².